The van der Waals surface area contributed by atoms with Gasteiger partial charge in [0, 0.05) is 11.1 Å². The normalized spacial score (nSPS) is 26.8. The second-order valence-corrected chi connectivity index (χ2v) is 7.79. The average molecular weight is 437 g/mol. The van der Waals surface area contributed by atoms with Crippen molar-refractivity contribution in [2.45, 2.75) is 64.7 Å². The molecule has 0 saturated carbocycles. The van der Waals surface area contributed by atoms with Gasteiger partial charge in [-0.15, -0.1) is 0 Å². The van der Waals surface area contributed by atoms with Gasteiger partial charge < -0.3 is 29.2 Å². The van der Waals surface area contributed by atoms with Crippen molar-refractivity contribution in [2.75, 3.05) is 0 Å². The van der Waals surface area contributed by atoms with E-state index in [0.717, 1.165) is 16.7 Å². The predicted molar refractivity (Wildman–Crippen MR) is 118 cm³/mol. The van der Waals surface area contributed by atoms with Crippen LogP contribution in [0.15, 0.2) is 48.5 Å². The molecule has 0 spiro atoms. The summed E-state index contributed by atoms with van der Waals surface area (Å²) in [5, 5.41) is 17.2. The standard InChI is InChI=1S/C14H12O4.C12H16O2/c1-10-2-4-11(5-3-10)14-17-12(6-8-15)13(18-14)7-9-16;1-8-4-6-11(7-5-8)12-13-9(2)10(3)14-12/h2-5,12-16H,1H3;4-7,9-10,12H,1-3H3/t;9-,10-/m.0/s1. The Bertz CT molecular complexity index is 955. The van der Waals surface area contributed by atoms with Crippen LogP contribution in [0.5, 0.6) is 0 Å². The average Bonchev–Trinajstić information content (AvgIpc) is 3.33. The van der Waals surface area contributed by atoms with Crippen LogP contribution in [-0.2, 0) is 18.9 Å². The van der Waals surface area contributed by atoms with Crippen LogP contribution in [0.1, 0.15) is 48.7 Å². The molecule has 2 saturated heterocycles. The SMILES string of the molecule is Cc1ccc(C2OC(C#CO)C(C#CO)O2)cc1.Cc1ccc(C2O[C@@H](C)[C@H](C)O2)cc1. The first-order valence-electron chi connectivity index (χ1n) is 10.5. The summed E-state index contributed by atoms with van der Waals surface area (Å²) in [6.07, 6.45) is 1.78. The largest absolute Gasteiger partial charge is 0.462 e. The molecule has 0 aliphatic carbocycles. The van der Waals surface area contributed by atoms with E-state index in [1.54, 1.807) is 12.2 Å². The fourth-order valence-corrected chi connectivity index (χ4v) is 3.19. The van der Waals surface area contributed by atoms with E-state index in [-0.39, 0.29) is 18.5 Å². The number of ether oxygens (including phenoxy) is 4. The van der Waals surface area contributed by atoms with Crippen LogP contribution in [0, 0.1) is 37.9 Å². The first-order chi connectivity index (χ1) is 15.4. The van der Waals surface area contributed by atoms with E-state index in [4.69, 9.17) is 29.2 Å². The summed E-state index contributed by atoms with van der Waals surface area (Å²) >= 11 is 0. The molecule has 0 amide bonds. The monoisotopic (exact) mass is 436 g/mol. The fraction of sp³-hybridized carbons (Fsp3) is 0.385. The van der Waals surface area contributed by atoms with E-state index >= 15 is 0 Å². The number of aryl methyl sites for hydroxylation is 2. The minimum Gasteiger partial charge on any atom is -0.462 e. The molecule has 0 bridgehead atoms. The van der Waals surface area contributed by atoms with Crippen LogP contribution in [0.25, 0.3) is 0 Å². The van der Waals surface area contributed by atoms with E-state index in [9.17, 15) is 0 Å². The van der Waals surface area contributed by atoms with Crippen molar-refractivity contribution < 1.29 is 29.2 Å². The number of benzene rings is 2. The second kappa shape index (κ2) is 11.0. The fourth-order valence-electron chi connectivity index (χ4n) is 3.19. The highest BCUT2D eigenvalue weighted by Gasteiger charge is 2.35. The molecule has 2 heterocycles. The van der Waals surface area contributed by atoms with Gasteiger partial charge in [-0.2, -0.15) is 0 Å². The molecule has 2 aromatic carbocycles. The third kappa shape index (κ3) is 6.03. The molecule has 32 heavy (non-hydrogen) atoms. The van der Waals surface area contributed by atoms with Crippen LogP contribution in [-0.4, -0.2) is 34.6 Å². The molecule has 4 rings (SSSR count). The lowest BCUT2D eigenvalue weighted by molar-refractivity contribution is -0.0652. The number of hydrogen-bond acceptors (Lipinski definition) is 6. The minimum atomic E-state index is -0.680. The zero-order valence-corrected chi connectivity index (χ0v) is 18.6. The molecular formula is C26H28O6. The molecule has 168 valence electrons. The Morgan fingerprint density at radius 2 is 0.938 bits per heavy atom. The minimum absolute atomic E-state index is 0.180. The Kier molecular flexibility index (Phi) is 8.16. The Hall–Kier alpha value is -3.00. The Balaban J connectivity index is 0.000000186. The van der Waals surface area contributed by atoms with Crippen molar-refractivity contribution in [3.63, 3.8) is 0 Å². The summed E-state index contributed by atoms with van der Waals surface area (Å²) in [4.78, 5) is 0. The zero-order valence-electron chi connectivity index (χ0n) is 18.6. The lowest BCUT2D eigenvalue weighted by atomic mass is 10.1. The van der Waals surface area contributed by atoms with Crippen molar-refractivity contribution in [1.82, 2.24) is 0 Å². The van der Waals surface area contributed by atoms with Gasteiger partial charge in [0.2, 0.25) is 0 Å². The molecule has 2 fully saturated rings. The first kappa shape index (κ1) is 23.7. The summed E-state index contributed by atoms with van der Waals surface area (Å²) in [5.41, 5.74) is 4.34. The zero-order chi connectivity index (χ0) is 23.1. The van der Waals surface area contributed by atoms with Crippen LogP contribution in [0.2, 0.25) is 0 Å². The lowest BCUT2D eigenvalue weighted by Crippen LogP contribution is -2.18. The van der Waals surface area contributed by atoms with Crippen molar-refractivity contribution in [3.8, 4) is 24.1 Å². The highest BCUT2D eigenvalue weighted by atomic mass is 16.7. The van der Waals surface area contributed by atoms with Crippen LogP contribution in [0.4, 0.5) is 0 Å². The van der Waals surface area contributed by atoms with E-state index in [1.807, 2.05) is 45.0 Å². The predicted octanol–water partition coefficient (Wildman–Crippen LogP) is 4.26. The third-order valence-electron chi connectivity index (χ3n) is 5.27. The topological polar surface area (TPSA) is 77.4 Å². The molecule has 0 radical (unpaired) electrons. The lowest BCUT2D eigenvalue weighted by Gasteiger charge is -2.09. The van der Waals surface area contributed by atoms with E-state index in [1.165, 1.54) is 5.56 Å². The molecule has 2 N–H and O–H groups in total. The molecule has 6 heteroatoms. The van der Waals surface area contributed by atoms with Gasteiger partial charge in [-0.3, -0.25) is 0 Å². The second-order valence-electron chi connectivity index (χ2n) is 7.79. The molecule has 0 aromatic heterocycles. The quantitative estimate of drug-likeness (QED) is 0.685. The molecular weight excluding hydrogens is 408 g/mol. The van der Waals surface area contributed by atoms with Gasteiger partial charge in [-0.1, -0.05) is 59.7 Å². The van der Waals surface area contributed by atoms with Crippen molar-refractivity contribution in [2.24, 2.45) is 0 Å². The van der Waals surface area contributed by atoms with Crippen molar-refractivity contribution in [1.29, 1.82) is 0 Å². The summed E-state index contributed by atoms with van der Waals surface area (Å²) < 4.78 is 22.4. The molecule has 2 aromatic rings. The summed E-state index contributed by atoms with van der Waals surface area (Å²) in [6, 6.07) is 15.9. The number of hydrogen-bond donors (Lipinski definition) is 2. The molecule has 2 aliphatic heterocycles. The van der Waals surface area contributed by atoms with Crippen LogP contribution in [0.3, 0.4) is 0 Å². The number of aliphatic hydroxyl groups excluding tert-OH is 2. The summed E-state index contributed by atoms with van der Waals surface area (Å²) in [5.74, 6) is 4.87. The maximum Gasteiger partial charge on any atom is 0.187 e. The molecule has 2 aliphatic rings. The van der Waals surface area contributed by atoms with Crippen LogP contribution < -0.4 is 0 Å². The summed E-state index contributed by atoms with van der Waals surface area (Å²) in [6.45, 7) is 8.14. The van der Waals surface area contributed by atoms with E-state index in [0.29, 0.717) is 0 Å². The van der Waals surface area contributed by atoms with E-state index < -0.39 is 18.5 Å². The van der Waals surface area contributed by atoms with Crippen LogP contribution >= 0.6 is 0 Å². The maximum absolute atomic E-state index is 8.60. The highest BCUT2D eigenvalue weighted by Crippen LogP contribution is 2.31. The third-order valence-corrected chi connectivity index (χ3v) is 5.27. The van der Waals surface area contributed by atoms with Gasteiger partial charge in [-0.25, -0.2) is 0 Å². The Morgan fingerprint density at radius 3 is 1.28 bits per heavy atom. The number of aliphatic hydroxyl groups is 2. The molecule has 6 nitrogen and oxygen atoms in total. The maximum atomic E-state index is 8.60. The summed E-state index contributed by atoms with van der Waals surface area (Å²) in [7, 11) is 0. The smallest absolute Gasteiger partial charge is 0.187 e. The van der Waals surface area contributed by atoms with Gasteiger partial charge in [0.1, 0.15) is 12.2 Å². The molecule has 4 atom stereocenters. The van der Waals surface area contributed by atoms with Crippen molar-refractivity contribution in [3.05, 3.63) is 70.8 Å². The number of rotatable bonds is 2. The molecule has 2 unspecified atom stereocenters. The van der Waals surface area contributed by atoms with Gasteiger partial charge in [0.25, 0.3) is 0 Å². The van der Waals surface area contributed by atoms with Gasteiger partial charge in [0.05, 0.1) is 12.2 Å². The first-order valence-corrected chi connectivity index (χ1v) is 10.5. The highest BCUT2D eigenvalue weighted by molar-refractivity contribution is 5.25. The van der Waals surface area contributed by atoms with Gasteiger partial charge in [0.15, 0.2) is 24.8 Å². The Morgan fingerprint density at radius 1 is 0.594 bits per heavy atom. The van der Waals surface area contributed by atoms with Gasteiger partial charge >= 0.3 is 0 Å². The van der Waals surface area contributed by atoms with Gasteiger partial charge in [-0.05, 0) is 39.5 Å². The Labute approximate surface area is 189 Å². The van der Waals surface area contributed by atoms with E-state index in [2.05, 4.69) is 43.0 Å². The van der Waals surface area contributed by atoms with Crippen molar-refractivity contribution >= 4 is 0 Å².